The molecule has 198 valence electrons. The van der Waals surface area contributed by atoms with Crippen molar-refractivity contribution in [3.05, 3.63) is 70.0 Å². The Bertz CT molecular complexity index is 1260. The van der Waals surface area contributed by atoms with Crippen LogP contribution in [-0.4, -0.2) is 32.3 Å². The van der Waals surface area contributed by atoms with Crippen LogP contribution in [0.1, 0.15) is 54.1 Å². The molecular formula is C25H27ClF3N5O2S. The van der Waals surface area contributed by atoms with E-state index in [2.05, 4.69) is 20.8 Å². The summed E-state index contributed by atoms with van der Waals surface area (Å²) < 4.78 is 40.8. The van der Waals surface area contributed by atoms with Gasteiger partial charge in [0, 0.05) is 12.1 Å². The van der Waals surface area contributed by atoms with Crippen molar-refractivity contribution in [2.45, 2.75) is 51.6 Å². The van der Waals surface area contributed by atoms with E-state index in [9.17, 15) is 22.8 Å². The number of anilines is 1. The van der Waals surface area contributed by atoms with E-state index >= 15 is 0 Å². The van der Waals surface area contributed by atoms with E-state index in [1.165, 1.54) is 0 Å². The number of halogens is 4. The fourth-order valence-corrected chi connectivity index (χ4v) is 4.48. The second-order valence-electron chi connectivity index (χ2n) is 8.68. The highest BCUT2D eigenvalue weighted by atomic mass is 35.5. The molecule has 2 N–H and O–H groups in total. The molecule has 0 aliphatic heterocycles. The summed E-state index contributed by atoms with van der Waals surface area (Å²) >= 11 is 7.05. The van der Waals surface area contributed by atoms with Crippen molar-refractivity contribution in [3.63, 3.8) is 0 Å². The topological polar surface area (TPSA) is 88.9 Å². The Morgan fingerprint density at radius 3 is 2.38 bits per heavy atom. The van der Waals surface area contributed by atoms with Crippen molar-refractivity contribution in [2.24, 2.45) is 5.92 Å². The van der Waals surface area contributed by atoms with E-state index in [-0.39, 0.29) is 28.3 Å². The highest BCUT2D eigenvalue weighted by Crippen LogP contribution is 2.34. The van der Waals surface area contributed by atoms with Crippen LogP contribution >= 0.6 is 23.4 Å². The molecule has 0 bridgehead atoms. The van der Waals surface area contributed by atoms with Crippen molar-refractivity contribution in [3.8, 4) is 0 Å². The lowest BCUT2D eigenvalue weighted by atomic mass is 10.0. The summed E-state index contributed by atoms with van der Waals surface area (Å²) in [6.07, 6.45) is -4.56. The molecule has 0 radical (unpaired) electrons. The van der Waals surface area contributed by atoms with Gasteiger partial charge in [-0.25, -0.2) is 0 Å². The van der Waals surface area contributed by atoms with E-state index in [1.54, 1.807) is 16.7 Å². The molecular weight excluding hydrogens is 527 g/mol. The van der Waals surface area contributed by atoms with Gasteiger partial charge in [0.05, 0.1) is 28.1 Å². The van der Waals surface area contributed by atoms with Gasteiger partial charge >= 0.3 is 6.18 Å². The quantitative estimate of drug-likeness (QED) is 0.311. The predicted molar refractivity (Wildman–Crippen MR) is 138 cm³/mol. The van der Waals surface area contributed by atoms with Gasteiger partial charge in [0.1, 0.15) is 0 Å². The Morgan fingerprint density at radius 2 is 1.78 bits per heavy atom. The third-order valence-corrected chi connectivity index (χ3v) is 6.80. The molecule has 7 nitrogen and oxygen atoms in total. The number of aromatic nitrogens is 3. The van der Waals surface area contributed by atoms with Crippen LogP contribution < -0.4 is 10.6 Å². The number of nitrogens with one attached hydrogen (secondary N) is 2. The maximum absolute atomic E-state index is 13.0. The van der Waals surface area contributed by atoms with Gasteiger partial charge in [-0.1, -0.05) is 54.9 Å². The zero-order chi connectivity index (χ0) is 27.3. The van der Waals surface area contributed by atoms with Gasteiger partial charge < -0.3 is 15.2 Å². The third-order valence-electron chi connectivity index (χ3n) is 5.51. The molecule has 3 rings (SSSR count). The Morgan fingerprint density at radius 1 is 1.11 bits per heavy atom. The fourth-order valence-electron chi connectivity index (χ4n) is 3.51. The van der Waals surface area contributed by atoms with Crippen LogP contribution in [0, 0.1) is 12.8 Å². The summed E-state index contributed by atoms with van der Waals surface area (Å²) in [5.74, 6) is -0.385. The maximum Gasteiger partial charge on any atom is 0.416 e. The molecule has 0 saturated carbocycles. The van der Waals surface area contributed by atoms with Crippen LogP contribution in [0.25, 0.3) is 0 Å². The predicted octanol–water partition coefficient (Wildman–Crippen LogP) is 6.14. The van der Waals surface area contributed by atoms with E-state index in [1.807, 2.05) is 39.8 Å². The molecule has 12 heteroatoms. The number of hydrogen-bond acceptors (Lipinski definition) is 5. The third kappa shape index (κ3) is 7.26. The Balaban J connectivity index is 1.72. The highest BCUT2D eigenvalue weighted by molar-refractivity contribution is 7.99. The van der Waals surface area contributed by atoms with Gasteiger partial charge in [0.25, 0.3) is 5.91 Å². The molecule has 0 saturated heterocycles. The zero-order valence-electron chi connectivity index (χ0n) is 20.7. The van der Waals surface area contributed by atoms with Crippen molar-refractivity contribution in [1.82, 2.24) is 20.1 Å². The summed E-state index contributed by atoms with van der Waals surface area (Å²) in [5, 5.41) is 14.4. The lowest BCUT2D eigenvalue weighted by Crippen LogP contribution is -2.33. The van der Waals surface area contributed by atoms with E-state index < -0.39 is 23.7 Å². The standard InChI is InChI=1S/C25H27ClF3N5O2S/c1-5-34-22(21(14(2)3)31-23(36)16-8-6-15(4)7-9-16)32-33-24(34)37-13-20(35)30-19-12-17(25(27,28)29)10-11-18(19)26/h6-12,14,21H,5,13H2,1-4H3,(H,30,35)(H,31,36)/t21-/m0/s1. The first kappa shape index (κ1) is 28.5. The number of rotatable bonds is 9. The van der Waals surface area contributed by atoms with Crippen LogP contribution in [0.5, 0.6) is 0 Å². The average molecular weight is 554 g/mol. The zero-order valence-corrected chi connectivity index (χ0v) is 22.3. The largest absolute Gasteiger partial charge is 0.416 e. The number of aryl methyl sites for hydroxylation is 1. The molecule has 0 aliphatic carbocycles. The number of carbonyl (C=O) groups is 2. The summed E-state index contributed by atoms with van der Waals surface area (Å²) in [4.78, 5) is 25.3. The number of nitrogens with zero attached hydrogens (tertiary/aromatic N) is 3. The summed E-state index contributed by atoms with van der Waals surface area (Å²) in [6.45, 7) is 8.21. The summed E-state index contributed by atoms with van der Waals surface area (Å²) in [7, 11) is 0. The molecule has 2 amide bonds. The normalized spacial score (nSPS) is 12.5. The van der Waals surface area contributed by atoms with Gasteiger partial charge in [-0.2, -0.15) is 13.2 Å². The van der Waals surface area contributed by atoms with Gasteiger partial charge in [-0.05, 0) is 50.1 Å². The first-order valence-corrected chi connectivity index (χ1v) is 12.9. The van der Waals surface area contributed by atoms with Crippen molar-refractivity contribution in [2.75, 3.05) is 11.1 Å². The summed E-state index contributed by atoms with van der Waals surface area (Å²) in [5.41, 5.74) is 0.531. The first-order valence-electron chi connectivity index (χ1n) is 11.5. The minimum atomic E-state index is -4.56. The van der Waals surface area contributed by atoms with Crippen LogP contribution in [-0.2, 0) is 17.5 Å². The van der Waals surface area contributed by atoms with E-state index in [0.29, 0.717) is 23.1 Å². The van der Waals surface area contributed by atoms with E-state index in [4.69, 9.17) is 11.6 Å². The van der Waals surface area contributed by atoms with E-state index in [0.717, 1.165) is 35.5 Å². The number of carbonyl (C=O) groups excluding carboxylic acids is 2. The molecule has 37 heavy (non-hydrogen) atoms. The Kier molecular flexibility index (Phi) is 9.25. The number of alkyl halides is 3. The Labute approximate surface area is 222 Å². The van der Waals surface area contributed by atoms with Crippen molar-refractivity contribution in [1.29, 1.82) is 0 Å². The molecule has 3 aromatic rings. The van der Waals surface area contributed by atoms with Crippen LogP contribution in [0.2, 0.25) is 5.02 Å². The molecule has 1 atom stereocenters. The lowest BCUT2D eigenvalue weighted by molar-refractivity contribution is -0.137. The molecule has 0 fully saturated rings. The van der Waals surface area contributed by atoms with Gasteiger partial charge in [0.15, 0.2) is 11.0 Å². The first-order chi connectivity index (χ1) is 17.4. The second kappa shape index (κ2) is 12.0. The van der Waals surface area contributed by atoms with Crippen LogP contribution in [0.3, 0.4) is 0 Å². The van der Waals surface area contributed by atoms with Crippen LogP contribution in [0.4, 0.5) is 18.9 Å². The number of benzene rings is 2. The fraction of sp³-hybridized carbons (Fsp3) is 0.360. The van der Waals surface area contributed by atoms with Crippen molar-refractivity contribution >= 4 is 40.9 Å². The van der Waals surface area contributed by atoms with Gasteiger partial charge in [0.2, 0.25) is 5.91 Å². The number of hydrogen-bond donors (Lipinski definition) is 2. The smallest absolute Gasteiger partial charge is 0.342 e. The monoisotopic (exact) mass is 553 g/mol. The molecule has 0 spiro atoms. The molecule has 0 unspecified atom stereocenters. The van der Waals surface area contributed by atoms with Gasteiger partial charge in [-0.3, -0.25) is 9.59 Å². The minimum Gasteiger partial charge on any atom is -0.342 e. The number of thioether (sulfide) groups is 1. The number of amides is 2. The molecule has 0 aliphatic rings. The SMILES string of the molecule is CCn1c(SCC(=O)Nc2cc(C(F)(F)F)ccc2Cl)nnc1[C@@H](NC(=O)c1ccc(C)cc1)C(C)C. The maximum atomic E-state index is 13.0. The lowest BCUT2D eigenvalue weighted by Gasteiger charge is -2.22. The summed E-state index contributed by atoms with van der Waals surface area (Å²) in [6, 6.07) is 9.52. The average Bonchev–Trinajstić information content (AvgIpc) is 3.24. The van der Waals surface area contributed by atoms with Gasteiger partial charge in [-0.15, -0.1) is 10.2 Å². The Hall–Kier alpha value is -3.05. The van der Waals surface area contributed by atoms with Crippen molar-refractivity contribution < 1.29 is 22.8 Å². The second-order valence-corrected chi connectivity index (χ2v) is 10.0. The minimum absolute atomic E-state index is 0.00513. The molecule has 1 aromatic heterocycles. The molecule has 2 aromatic carbocycles. The molecule has 1 heterocycles. The highest BCUT2D eigenvalue weighted by Gasteiger charge is 2.31. The van der Waals surface area contributed by atoms with Crippen LogP contribution in [0.15, 0.2) is 47.6 Å².